The number of H-pyrrole nitrogens is 1. The normalized spacial score (nSPS) is 11.0. The predicted octanol–water partition coefficient (Wildman–Crippen LogP) is 5.29. The first-order chi connectivity index (χ1) is 16.6. The molecule has 2 aromatic carbocycles. The predicted molar refractivity (Wildman–Crippen MR) is 133 cm³/mol. The van der Waals surface area contributed by atoms with E-state index in [0.29, 0.717) is 22.7 Å². The molecule has 0 saturated heterocycles. The first-order valence-corrected chi connectivity index (χ1v) is 11.6. The number of methoxy groups -OCH3 is 1. The van der Waals surface area contributed by atoms with E-state index in [4.69, 9.17) is 9.47 Å². The molecule has 0 atom stereocenters. The van der Waals surface area contributed by atoms with Gasteiger partial charge < -0.3 is 14.6 Å². The summed E-state index contributed by atoms with van der Waals surface area (Å²) in [5, 5.41) is 20.5. The first kappa shape index (κ1) is 24.8. The van der Waals surface area contributed by atoms with Gasteiger partial charge in [0.05, 0.1) is 25.6 Å². The molecule has 0 saturated carbocycles. The molecule has 1 aromatic heterocycles. The molecule has 3 aromatic rings. The lowest BCUT2D eigenvalue weighted by molar-refractivity contribution is 0.0950. The number of aromatic amines is 1. The largest absolute Gasteiger partial charge is 0.504 e. The molecule has 0 aliphatic heterocycles. The Balaban J connectivity index is 1.48. The standard InChI is InChI=1S/C26H32N4O4/c1-3-4-5-6-7-8-15-34-21-12-10-20(11-13-21)22-17-23(29-28-22)26(32)30-27-18-19-9-14-24(31)25(16-19)33-2/h9-14,16-18,31H,3-8,15H2,1-2H3,(H,28,29)(H,30,32). The molecule has 0 radical (unpaired) electrons. The molecule has 1 amide bonds. The van der Waals surface area contributed by atoms with Crippen LogP contribution < -0.4 is 14.9 Å². The molecule has 0 fully saturated rings. The molecule has 0 spiro atoms. The van der Waals surface area contributed by atoms with Gasteiger partial charge in [-0.15, -0.1) is 0 Å². The van der Waals surface area contributed by atoms with Gasteiger partial charge in [0.1, 0.15) is 11.4 Å². The zero-order valence-electron chi connectivity index (χ0n) is 19.7. The number of nitrogens with zero attached hydrogens (tertiary/aromatic N) is 2. The molecule has 0 aliphatic carbocycles. The third-order valence-electron chi connectivity index (χ3n) is 5.32. The number of phenols is 1. The van der Waals surface area contributed by atoms with E-state index >= 15 is 0 Å². The van der Waals surface area contributed by atoms with E-state index in [2.05, 4.69) is 27.6 Å². The molecule has 0 bridgehead atoms. The third-order valence-corrected chi connectivity index (χ3v) is 5.32. The minimum Gasteiger partial charge on any atom is -0.504 e. The summed E-state index contributed by atoms with van der Waals surface area (Å²) in [6.45, 7) is 2.94. The Hall–Kier alpha value is -3.81. The van der Waals surface area contributed by atoms with Gasteiger partial charge in [-0.1, -0.05) is 39.0 Å². The van der Waals surface area contributed by atoms with Crippen LogP contribution in [0, 0.1) is 0 Å². The lowest BCUT2D eigenvalue weighted by Crippen LogP contribution is -2.18. The maximum atomic E-state index is 12.4. The van der Waals surface area contributed by atoms with Crippen LogP contribution in [-0.4, -0.2) is 41.1 Å². The summed E-state index contributed by atoms with van der Waals surface area (Å²) in [7, 11) is 1.46. The van der Waals surface area contributed by atoms with Crippen molar-refractivity contribution in [1.82, 2.24) is 15.6 Å². The number of rotatable bonds is 13. The fraction of sp³-hybridized carbons (Fsp3) is 0.346. The van der Waals surface area contributed by atoms with Crippen LogP contribution in [0.4, 0.5) is 0 Å². The van der Waals surface area contributed by atoms with Crippen molar-refractivity contribution in [3.8, 4) is 28.5 Å². The number of carbonyl (C=O) groups excluding carboxylic acids is 1. The zero-order valence-corrected chi connectivity index (χ0v) is 19.7. The summed E-state index contributed by atoms with van der Waals surface area (Å²) in [4.78, 5) is 12.4. The van der Waals surface area contributed by atoms with Crippen molar-refractivity contribution in [2.24, 2.45) is 5.10 Å². The topological polar surface area (TPSA) is 109 Å². The average molecular weight is 465 g/mol. The third kappa shape index (κ3) is 7.37. The Kier molecular flexibility index (Phi) is 9.52. The summed E-state index contributed by atoms with van der Waals surface area (Å²) in [6.07, 6.45) is 8.85. The monoisotopic (exact) mass is 464 g/mol. The van der Waals surface area contributed by atoms with Gasteiger partial charge in [-0.25, -0.2) is 5.43 Å². The van der Waals surface area contributed by atoms with Gasteiger partial charge in [-0.2, -0.15) is 10.2 Å². The molecule has 180 valence electrons. The number of carbonyl (C=O) groups is 1. The van der Waals surface area contributed by atoms with E-state index in [1.807, 2.05) is 24.3 Å². The van der Waals surface area contributed by atoms with Crippen LogP contribution in [0.5, 0.6) is 17.2 Å². The van der Waals surface area contributed by atoms with Crippen molar-refractivity contribution in [1.29, 1.82) is 0 Å². The molecular weight excluding hydrogens is 432 g/mol. The van der Waals surface area contributed by atoms with Crippen LogP contribution in [0.15, 0.2) is 53.6 Å². The van der Waals surface area contributed by atoms with Gasteiger partial charge in [0.2, 0.25) is 0 Å². The van der Waals surface area contributed by atoms with Crippen LogP contribution >= 0.6 is 0 Å². The summed E-state index contributed by atoms with van der Waals surface area (Å²) < 4.78 is 10.9. The summed E-state index contributed by atoms with van der Waals surface area (Å²) in [5.74, 6) is 0.768. The molecule has 0 unspecified atom stereocenters. The van der Waals surface area contributed by atoms with Crippen molar-refractivity contribution in [2.75, 3.05) is 13.7 Å². The number of benzene rings is 2. The van der Waals surface area contributed by atoms with Crippen molar-refractivity contribution < 1.29 is 19.4 Å². The number of hydrazone groups is 1. The van der Waals surface area contributed by atoms with Crippen molar-refractivity contribution in [3.63, 3.8) is 0 Å². The molecule has 3 N–H and O–H groups in total. The fourth-order valence-corrected chi connectivity index (χ4v) is 3.38. The van der Waals surface area contributed by atoms with E-state index in [1.165, 1.54) is 51.5 Å². The fourth-order valence-electron chi connectivity index (χ4n) is 3.38. The van der Waals surface area contributed by atoms with Gasteiger partial charge >= 0.3 is 0 Å². The van der Waals surface area contributed by atoms with Gasteiger partial charge in [-0.3, -0.25) is 9.89 Å². The van der Waals surface area contributed by atoms with E-state index in [1.54, 1.807) is 18.2 Å². The Labute approximate surface area is 200 Å². The smallest absolute Gasteiger partial charge is 0.289 e. The maximum Gasteiger partial charge on any atom is 0.289 e. The highest BCUT2D eigenvalue weighted by atomic mass is 16.5. The number of nitrogens with one attached hydrogen (secondary N) is 2. The van der Waals surface area contributed by atoms with Crippen LogP contribution in [-0.2, 0) is 0 Å². The molecule has 34 heavy (non-hydrogen) atoms. The Morgan fingerprint density at radius 3 is 2.62 bits per heavy atom. The van der Waals surface area contributed by atoms with E-state index in [-0.39, 0.29) is 5.75 Å². The van der Waals surface area contributed by atoms with Crippen molar-refractivity contribution >= 4 is 12.1 Å². The average Bonchev–Trinajstić information content (AvgIpc) is 3.35. The molecule has 8 heteroatoms. The van der Waals surface area contributed by atoms with Crippen LogP contribution in [0.25, 0.3) is 11.3 Å². The number of hydrogen-bond acceptors (Lipinski definition) is 6. The van der Waals surface area contributed by atoms with E-state index in [0.717, 1.165) is 24.3 Å². The Morgan fingerprint density at radius 2 is 1.85 bits per heavy atom. The SMILES string of the molecule is CCCCCCCCOc1ccc(-c2cc(C(=O)NN=Cc3ccc(O)c(OC)c3)[nH]n2)cc1. The summed E-state index contributed by atoms with van der Waals surface area (Å²) in [5.41, 5.74) is 4.94. The van der Waals surface area contributed by atoms with Crippen LogP contribution in [0.1, 0.15) is 61.5 Å². The van der Waals surface area contributed by atoms with Crippen LogP contribution in [0.2, 0.25) is 0 Å². The Bertz CT molecular complexity index is 1080. The lowest BCUT2D eigenvalue weighted by atomic mass is 10.1. The van der Waals surface area contributed by atoms with E-state index in [9.17, 15) is 9.90 Å². The number of hydrogen-bond donors (Lipinski definition) is 3. The number of aromatic hydroxyl groups is 1. The second-order valence-corrected chi connectivity index (χ2v) is 7.94. The molecule has 1 heterocycles. The molecule has 8 nitrogen and oxygen atoms in total. The van der Waals surface area contributed by atoms with Crippen molar-refractivity contribution in [3.05, 3.63) is 59.8 Å². The first-order valence-electron chi connectivity index (χ1n) is 11.6. The van der Waals surface area contributed by atoms with E-state index < -0.39 is 5.91 Å². The highest BCUT2D eigenvalue weighted by molar-refractivity contribution is 5.94. The number of aromatic nitrogens is 2. The second-order valence-electron chi connectivity index (χ2n) is 7.94. The van der Waals surface area contributed by atoms with Gasteiger partial charge in [0.15, 0.2) is 11.5 Å². The lowest BCUT2D eigenvalue weighted by Gasteiger charge is -2.06. The number of ether oxygens (including phenoxy) is 2. The van der Waals surface area contributed by atoms with Crippen LogP contribution in [0.3, 0.4) is 0 Å². The number of phenolic OH excluding ortho intramolecular Hbond substituents is 1. The van der Waals surface area contributed by atoms with Gasteiger partial charge in [0, 0.05) is 5.56 Å². The van der Waals surface area contributed by atoms with Crippen molar-refractivity contribution in [2.45, 2.75) is 45.4 Å². The second kappa shape index (κ2) is 13.0. The summed E-state index contributed by atoms with van der Waals surface area (Å²) in [6, 6.07) is 14.1. The summed E-state index contributed by atoms with van der Waals surface area (Å²) >= 11 is 0. The maximum absolute atomic E-state index is 12.4. The molecule has 3 rings (SSSR count). The highest BCUT2D eigenvalue weighted by Crippen LogP contribution is 2.25. The van der Waals surface area contributed by atoms with Gasteiger partial charge in [-0.05, 0) is 60.5 Å². The quantitative estimate of drug-likeness (QED) is 0.181. The highest BCUT2D eigenvalue weighted by Gasteiger charge is 2.11. The minimum absolute atomic E-state index is 0.0334. The number of amides is 1. The van der Waals surface area contributed by atoms with Gasteiger partial charge in [0.25, 0.3) is 5.91 Å². The molecule has 0 aliphatic rings. The zero-order chi connectivity index (χ0) is 24.2. The minimum atomic E-state index is -0.417. The number of unbranched alkanes of at least 4 members (excludes halogenated alkanes) is 5. The molecular formula is C26H32N4O4. The Morgan fingerprint density at radius 1 is 1.09 bits per heavy atom.